The lowest BCUT2D eigenvalue weighted by Gasteiger charge is -2.30. The Balaban J connectivity index is 1.39. The fourth-order valence-corrected chi connectivity index (χ4v) is 5.52. The largest absolute Gasteiger partial charge is 0.508 e. The van der Waals surface area contributed by atoms with Gasteiger partial charge in [-0.2, -0.15) is 0 Å². The van der Waals surface area contributed by atoms with Crippen LogP contribution in [-0.4, -0.2) is 71.5 Å². The monoisotopic (exact) mass is 602 g/mol. The number of nitrogens with zero attached hydrogens (tertiary/aromatic N) is 1. The van der Waals surface area contributed by atoms with Crippen LogP contribution >= 0.6 is 0 Å². The van der Waals surface area contributed by atoms with Gasteiger partial charge in [0, 0.05) is 19.5 Å². The van der Waals surface area contributed by atoms with Crippen LogP contribution in [0.1, 0.15) is 40.7 Å². The van der Waals surface area contributed by atoms with Crippen LogP contribution in [0.3, 0.4) is 0 Å². The number of ether oxygens (including phenoxy) is 1. The number of hydrogen-bond donors (Lipinski definition) is 4. The topological polar surface area (TPSA) is 137 Å². The number of hydrogen-bond acceptors (Lipinski definition) is 6. The highest BCUT2D eigenvalue weighted by molar-refractivity contribution is 6.01. The summed E-state index contributed by atoms with van der Waals surface area (Å²) in [5.74, 6) is -1.99. The second-order valence-electron chi connectivity index (χ2n) is 11.0. The number of nitrogens with one attached hydrogen (secondary N) is 3. The van der Waals surface area contributed by atoms with E-state index in [1.54, 1.807) is 53.4 Å². The third kappa shape index (κ3) is 7.71. The summed E-state index contributed by atoms with van der Waals surface area (Å²) >= 11 is 0. The molecule has 1 saturated heterocycles. The first-order chi connectivity index (χ1) is 21.3. The third-order valence-electron chi connectivity index (χ3n) is 7.87. The first kappa shape index (κ1) is 30.5. The van der Waals surface area contributed by atoms with Crippen LogP contribution in [0.25, 0.3) is 0 Å². The van der Waals surface area contributed by atoms with Crippen LogP contribution in [0, 0.1) is 5.82 Å². The molecule has 230 valence electrons. The van der Waals surface area contributed by atoms with Crippen LogP contribution < -0.4 is 20.7 Å². The molecule has 0 radical (unpaired) electrons. The Morgan fingerprint density at radius 1 is 0.977 bits per heavy atom. The maximum absolute atomic E-state index is 13.9. The number of phenols is 1. The van der Waals surface area contributed by atoms with Crippen LogP contribution in [0.4, 0.5) is 4.39 Å². The minimum Gasteiger partial charge on any atom is -0.508 e. The Morgan fingerprint density at radius 3 is 2.48 bits per heavy atom. The van der Waals surface area contributed by atoms with E-state index in [-0.39, 0.29) is 48.7 Å². The summed E-state index contributed by atoms with van der Waals surface area (Å²) in [6.45, 7) is 0.843. The number of rotatable bonds is 6. The summed E-state index contributed by atoms with van der Waals surface area (Å²) in [6, 6.07) is 16.5. The number of amides is 4. The average Bonchev–Trinajstić information content (AvgIpc) is 3.49. The number of carbonyl (C=O) groups is 4. The molecule has 0 unspecified atom stereocenters. The Labute approximate surface area is 254 Å². The first-order valence-electron chi connectivity index (χ1n) is 14.7. The van der Waals surface area contributed by atoms with Crippen molar-refractivity contribution in [1.82, 2.24) is 20.9 Å². The predicted molar refractivity (Wildman–Crippen MR) is 159 cm³/mol. The van der Waals surface area contributed by atoms with E-state index in [0.29, 0.717) is 25.1 Å². The summed E-state index contributed by atoms with van der Waals surface area (Å²) in [4.78, 5) is 55.7. The molecule has 1 fully saturated rings. The van der Waals surface area contributed by atoms with Crippen LogP contribution in [0.2, 0.25) is 0 Å². The van der Waals surface area contributed by atoms with E-state index in [1.807, 2.05) is 0 Å². The molecule has 0 bridgehead atoms. The highest BCUT2D eigenvalue weighted by Crippen LogP contribution is 2.24. The van der Waals surface area contributed by atoms with Crippen molar-refractivity contribution in [3.05, 3.63) is 95.3 Å². The van der Waals surface area contributed by atoms with E-state index in [4.69, 9.17) is 4.74 Å². The molecule has 3 aromatic carbocycles. The zero-order valence-corrected chi connectivity index (χ0v) is 24.1. The minimum absolute atomic E-state index is 0.0798. The molecule has 3 aromatic rings. The normalized spacial score (nSPS) is 20.8. The molecule has 4 amide bonds. The van der Waals surface area contributed by atoms with Gasteiger partial charge in [0.2, 0.25) is 17.7 Å². The molecule has 2 aliphatic rings. The summed E-state index contributed by atoms with van der Waals surface area (Å²) in [5.41, 5.74) is 1.74. The van der Waals surface area contributed by atoms with Gasteiger partial charge in [-0.3, -0.25) is 19.2 Å². The van der Waals surface area contributed by atoms with Crippen molar-refractivity contribution >= 4 is 23.6 Å². The van der Waals surface area contributed by atoms with E-state index < -0.39 is 36.2 Å². The summed E-state index contributed by atoms with van der Waals surface area (Å²) in [7, 11) is 0. The van der Waals surface area contributed by atoms with Gasteiger partial charge in [0.1, 0.15) is 36.0 Å². The molecule has 0 saturated carbocycles. The van der Waals surface area contributed by atoms with Crippen molar-refractivity contribution in [3.63, 3.8) is 0 Å². The minimum atomic E-state index is -1.25. The zero-order chi connectivity index (χ0) is 31.1. The fourth-order valence-electron chi connectivity index (χ4n) is 5.52. The summed E-state index contributed by atoms with van der Waals surface area (Å²) in [5, 5.41) is 17.9. The zero-order valence-electron chi connectivity index (χ0n) is 24.1. The lowest BCUT2D eigenvalue weighted by molar-refractivity contribution is -0.138. The maximum Gasteiger partial charge on any atom is 0.255 e. The Kier molecular flexibility index (Phi) is 9.73. The molecule has 44 heavy (non-hydrogen) atoms. The molecule has 10 nitrogen and oxygen atoms in total. The van der Waals surface area contributed by atoms with Crippen molar-refractivity contribution in [3.8, 4) is 11.5 Å². The number of aromatic hydroxyl groups is 1. The Hall–Kier alpha value is -4.93. The van der Waals surface area contributed by atoms with Gasteiger partial charge in [-0.05, 0) is 66.8 Å². The summed E-state index contributed by atoms with van der Waals surface area (Å²) < 4.78 is 19.3. The predicted octanol–water partition coefficient (Wildman–Crippen LogP) is 2.49. The van der Waals surface area contributed by atoms with E-state index in [2.05, 4.69) is 16.0 Å². The van der Waals surface area contributed by atoms with Gasteiger partial charge in [0.05, 0.1) is 18.0 Å². The molecule has 4 N–H and O–H groups in total. The SMILES string of the molecule is O=C1C[C@@H](C(=O)NCCc2ccc(F)cc2)NC(=O)c2ccccc2OC[C@H]2CCCN2C(=O)[C@H](Cc2ccc(O)cc2)N1. The fraction of sp³-hybridized carbons (Fsp3) is 0.333. The van der Waals surface area contributed by atoms with Gasteiger partial charge in [0.25, 0.3) is 5.91 Å². The Morgan fingerprint density at radius 2 is 1.70 bits per heavy atom. The first-order valence-corrected chi connectivity index (χ1v) is 14.7. The number of para-hydroxylation sites is 1. The lowest BCUT2D eigenvalue weighted by atomic mass is 10.0. The van der Waals surface area contributed by atoms with Gasteiger partial charge >= 0.3 is 0 Å². The quantitative estimate of drug-likeness (QED) is 0.342. The molecule has 2 heterocycles. The molecule has 5 rings (SSSR count). The number of halogens is 1. The molecule has 11 heteroatoms. The second-order valence-corrected chi connectivity index (χ2v) is 11.0. The third-order valence-corrected chi connectivity index (χ3v) is 7.87. The van der Waals surface area contributed by atoms with Crippen molar-refractivity contribution in [1.29, 1.82) is 0 Å². The molecule has 0 aliphatic carbocycles. The Bertz CT molecular complexity index is 1500. The smallest absolute Gasteiger partial charge is 0.255 e. The molecule has 3 atom stereocenters. The number of carbonyl (C=O) groups excluding carboxylic acids is 4. The average molecular weight is 603 g/mol. The van der Waals surface area contributed by atoms with Gasteiger partial charge in [-0.1, -0.05) is 36.4 Å². The van der Waals surface area contributed by atoms with Gasteiger partial charge in [-0.25, -0.2) is 4.39 Å². The highest BCUT2D eigenvalue weighted by Gasteiger charge is 2.36. The molecule has 0 aromatic heterocycles. The van der Waals surface area contributed by atoms with Gasteiger partial charge in [0.15, 0.2) is 0 Å². The molecule has 2 aliphatic heterocycles. The highest BCUT2D eigenvalue weighted by atomic mass is 19.1. The van der Waals surface area contributed by atoms with Crippen molar-refractivity contribution in [2.75, 3.05) is 19.7 Å². The van der Waals surface area contributed by atoms with E-state index in [1.165, 1.54) is 24.3 Å². The van der Waals surface area contributed by atoms with Crippen molar-refractivity contribution < 1.29 is 33.4 Å². The maximum atomic E-state index is 13.9. The number of benzene rings is 3. The second kappa shape index (κ2) is 14.0. The molecule has 0 spiro atoms. The van der Waals surface area contributed by atoms with E-state index in [9.17, 15) is 28.7 Å². The van der Waals surface area contributed by atoms with Crippen LogP contribution in [-0.2, 0) is 27.2 Å². The number of fused-ring (bicyclic) bond motifs is 2. The van der Waals surface area contributed by atoms with Crippen LogP contribution in [0.5, 0.6) is 11.5 Å². The van der Waals surface area contributed by atoms with E-state index in [0.717, 1.165) is 17.5 Å². The lowest BCUT2D eigenvalue weighted by Crippen LogP contribution is -2.54. The molecular formula is C33H35FN4O6. The van der Waals surface area contributed by atoms with Gasteiger partial charge in [-0.15, -0.1) is 0 Å². The van der Waals surface area contributed by atoms with Crippen molar-refractivity contribution in [2.45, 2.75) is 50.2 Å². The summed E-state index contributed by atoms with van der Waals surface area (Å²) in [6.07, 6.45) is 1.64. The molecular weight excluding hydrogens is 567 g/mol. The number of phenolic OH excluding ortho intramolecular Hbond substituents is 1. The van der Waals surface area contributed by atoms with Gasteiger partial charge < -0.3 is 30.7 Å². The standard InChI is InChI=1S/C33H35FN4O6/c34-23-11-7-21(8-12-23)15-16-35-32(42)27-19-30(40)36-28(18-22-9-13-25(39)14-10-22)33(43)38-17-3-4-24(38)20-44-29-6-2-1-5-26(29)31(41)37-27/h1-2,5-14,24,27-28,39H,3-4,15-20H2,(H,35,42)(H,36,40)(H,37,41)/t24-,27+,28+/m1/s1. The van der Waals surface area contributed by atoms with Crippen molar-refractivity contribution in [2.24, 2.45) is 0 Å². The van der Waals surface area contributed by atoms with Crippen LogP contribution in [0.15, 0.2) is 72.8 Å². The van der Waals surface area contributed by atoms with E-state index >= 15 is 0 Å².